The van der Waals surface area contributed by atoms with Gasteiger partial charge in [0, 0.05) is 0 Å². The normalized spacial score (nSPS) is 21.0. The number of allylic oxidation sites excluding steroid dienone is 4. The fourth-order valence-electron chi connectivity index (χ4n) is 0.501. The van der Waals surface area contributed by atoms with Crippen LogP contribution < -0.4 is 0 Å². The van der Waals surface area contributed by atoms with Gasteiger partial charge in [0.25, 0.3) is 0 Å². The van der Waals surface area contributed by atoms with Gasteiger partial charge < -0.3 is 0 Å². The summed E-state index contributed by atoms with van der Waals surface area (Å²) in [6, 6.07) is 0. The molecule has 8 heavy (non-hydrogen) atoms. The highest BCUT2D eigenvalue weighted by atomic mass is 127. The fourth-order valence-corrected chi connectivity index (χ4v) is 0.901. The van der Waals surface area contributed by atoms with Crippen LogP contribution >= 0.6 is 22.6 Å². The first kappa shape index (κ1) is 6.26. The molecule has 0 saturated carbocycles. The average molecular weight is 223 g/mol. The minimum atomic E-state index is -0.120. The first-order valence-corrected chi connectivity index (χ1v) is 3.42. The van der Waals surface area contributed by atoms with Crippen molar-refractivity contribution in [3.05, 3.63) is 28.0 Å². The smallest absolute Gasteiger partial charge is 0.119 e. The van der Waals surface area contributed by atoms with E-state index in [4.69, 9.17) is 0 Å². The molecule has 0 atom stereocenters. The van der Waals surface area contributed by atoms with E-state index >= 15 is 0 Å². The van der Waals surface area contributed by atoms with Gasteiger partial charge in [0.15, 0.2) is 0 Å². The lowest BCUT2D eigenvalue weighted by molar-refractivity contribution is 0.658. The molecule has 0 unspecified atom stereocenters. The minimum absolute atomic E-state index is 0.120. The molecule has 1 radical (unpaired) electrons. The minimum Gasteiger partial charge on any atom is -0.207 e. The number of hydrogen-bond acceptors (Lipinski definition) is 0. The first-order valence-electron chi connectivity index (χ1n) is 2.34. The Morgan fingerprint density at radius 1 is 1.50 bits per heavy atom. The van der Waals surface area contributed by atoms with E-state index in [-0.39, 0.29) is 5.83 Å². The molecule has 0 nitrogen and oxygen atoms in total. The molecule has 43 valence electrons. The lowest BCUT2D eigenvalue weighted by Crippen LogP contribution is -1.84. The van der Waals surface area contributed by atoms with Crippen LogP contribution in [0.1, 0.15) is 6.42 Å². The van der Waals surface area contributed by atoms with E-state index in [2.05, 4.69) is 22.6 Å². The van der Waals surface area contributed by atoms with Crippen LogP contribution in [-0.4, -0.2) is 0 Å². The molecule has 0 saturated heterocycles. The van der Waals surface area contributed by atoms with Crippen LogP contribution in [0.15, 0.2) is 24.1 Å². The summed E-state index contributed by atoms with van der Waals surface area (Å²) in [6.07, 6.45) is 5.59. The van der Waals surface area contributed by atoms with E-state index in [1.54, 1.807) is 12.2 Å². The third kappa shape index (κ3) is 1.58. The van der Waals surface area contributed by atoms with E-state index in [9.17, 15) is 4.39 Å². The van der Waals surface area contributed by atoms with Crippen LogP contribution in [0.2, 0.25) is 0 Å². The molecule has 0 aromatic rings. The van der Waals surface area contributed by atoms with Gasteiger partial charge in [0.05, 0.1) is 3.92 Å². The zero-order valence-electron chi connectivity index (χ0n) is 4.20. The van der Waals surface area contributed by atoms with Crippen LogP contribution in [0, 0.1) is 3.92 Å². The standard InChI is InChI=1S/C6H5FI/c7-5-1-3-6(8)4-2-5/h1-3H,4H2. The SMILES string of the molecule is FC1=CC[C](I)C=C1. The maximum absolute atomic E-state index is 12.1. The van der Waals surface area contributed by atoms with Crippen molar-refractivity contribution in [2.45, 2.75) is 6.42 Å². The fraction of sp³-hybridized carbons (Fsp3) is 0.167. The zero-order valence-corrected chi connectivity index (χ0v) is 6.35. The molecule has 0 aliphatic heterocycles. The zero-order chi connectivity index (χ0) is 5.98. The van der Waals surface area contributed by atoms with Crippen molar-refractivity contribution in [1.82, 2.24) is 0 Å². The van der Waals surface area contributed by atoms with E-state index in [0.29, 0.717) is 0 Å². The van der Waals surface area contributed by atoms with Crippen molar-refractivity contribution in [2.75, 3.05) is 0 Å². The Hall–Kier alpha value is 0.140. The van der Waals surface area contributed by atoms with Crippen molar-refractivity contribution in [3.8, 4) is 0 Å². The summed E-state index contributed by atoms with van der Waals surface area (Å²) in [5.41, 5.74) is 0. The molecule has 1 aliphatic rings. The Morgan fingerprint density at radius 2 is 2.25 bits per heavy atom. The molecular formula is C6H5FI. The van der Waals surface area contributed by atoms with Crippen LogP contribution in [0.5, 0.6) is 0 Å². The monoisotopic (exact) mass is 223 g/mol. The van der Waals surface area contributed by atoms with Crippen LogP contribution in [0.4, 0.5) is 4.39 Å². The van der Waals surface area contributed by atoms with Crippen molar-refractivity contribution in [2.24, 2.45) is 0 Å². The van der Waals surface area contributed by atoms with Crippen LogP contribution in [0.3, 0.4) is 0 Å². The predicted molar refractivity (Wildman–Crippen MR) is 40.2 cm³/mol. The molecule has 0 N–H and O–H groups in total. The molecule has 1 aliphatic carbocycles. The lowest BCUT2D eigenvalue weighted by Gasteiger charge is -2.01. The number of hydrogen-bond donors (Lipinski definition) is 0. The topological polar surface area (TPSA) is 0 Å². The largest absolute Gasteiger partial charge is 0.207 e. The number of halogens is 2. The maximum Gasteiger partial charge on any atom is 0.119 e. The van der Waals surface area contributed by atoms with E-state index in [1.165, 1.54) is 10.0 Å². The summed E-state index contributed by atoms with van der Waals surface area (Å²) >= 11 is 2.19. The lowest BCUT2D eigenvalue weighted by atomic mass is 10.2. The first-order chi connectivity index (χ1) is 3.79. The van der Waals surface area contributed by atoms with Gasteiger partial charge in [0.1, 0.15) is 5.83 Å². The summed E-state index contributed by atoms with van der Waals surface area (Å²) < 4.78 is 13.3. The second-order valence-electron chi connectivity index (χ2n) is 1.57. The molecule has 0 spiro atoms. The molecule has 1 rings (SSSR count). The summed E-state index contributed by atoms with van der Waals surface area (Å²) in [6.45, 7) is 0. The summed E-state index contributed by atoms with van der Waals surface area (Å²) in [7, 11) is 0. The predicted octanol–water partition coefficient (Wildman–Crippen LogP) is 2.77. The number of rotatable bonds is 0. The second-order valence-corrected chi connectivity index (χ2v) is 2.96. The molecule has 0 heterocycles. The van der Waals surface area contributed by atoms with E-state index < -0.39 is 0 Å². The molecule has 2 heteroatoms. The quantitative estimate of drug-likeness (QED) is 0.554. The Balaban J connectivity index is 2.58. The molecule has 0 aromatic heterocycles. The van der Waals surface area contributed by atoms with E-state index in [1.807, 2.05) is 0 Å². The van der Waals surface area contributed by atoms with Crippen molar-refractivity contribution >= 4 is 22.6 Å². The second kappa shape index (κ2) is 2.62. The van der Waals surface area contributed by atoms with Crippen molar-refractivity contribution in [1.29, 1.82) is 0 Å². The van der Waals surface area contributed by atoms with Gasteiger partial charge in [-0.25, -0.2) is 4.39 Å². The summed E-state index contributed by atoms with van der Waals surface area (Å²) in [5.74, 6) is -0.120. The molecule has 0 amide bonds. The molecule has 0 aromatic carbocycles. The highest BCUT2D eigenvalue weighted by Gasteiger charge is 2.02. The molecule has 0 fully saturated rings. The van der Waals surface area contributed by atoms with Crippen molar-refractivity contribution < 1.29 is 4.39 Å². The van der Waals surface area contributed by atoms with Crippen LogP contribution in [-0.2, 0) is 0 Å². The Kier molecular flexibility index (Phi) is 2.05. The van der Waals surface area contributed by atoms with Gasteiger partial charge in [-0.3, -0.25) is 0 Å². The van der Waals surface area contributed by atoms with Gasteiger partial charge >= 0.3 is 0 Å². The van der Waals surface area contributed by atoms with Gasteiger partial charge in [-0.05, 0) is 18.6 Å². The summed E-state index contributed by atoms with van der Waals surface area (Å²) in [4.78, 5) is 0. The van der Waals surface area contributed by atoms with Crippen molar-refractivity contribution in [3.63, 3.8) is 0 Å². The maximum atomic E-state index is 12.1. The van der Waals surface area contributed by atoms with E-state index in [0.717, 1.165) is 6.42 Å². The Labute approximate surface area is 61.6 Å². The highest BCUT2D eigenvalue weighted by molar-refractivity contribution is 14.1. The average Bonchev–Trinajstić information content (AvgIpc) is 1.77. The molecule has 0 bridgehead atoms. The Bertz CT molecular complexity index is 137. The van der Waals surface area contributed by atoms with Gasteiger partial charge in [-0.1, -0.05) is 28.7 Å². The van der Waals surface area contributed by atoms with Gasteiger partial charge in [-0.2, -0.15) is 0 Å². The van der Waals surface area contributed by atoms with Gasteiger partial charge in [-0.15, -0.1) is 0 Å². The van der Waals surface area contributed by atoms with Gasteiger partial charge in [0.2, 0.25) is 0 Å². The van der Waals surface area contributed by atoms with Crippen LogP contribution in [0.25, 0.3) is 0 Å². The summed E-state index contributed by atoms with van der Waals surface area (Å²) in [5, 5.41) is 0. The third-order valence-corrected chi connectivity index (χ3v) is 1.72. The Morgan fingerprint density at radius 3 is 2.62 bits per heavy atom. The third-order valence-electron chi connectivity index (χ3n) is 0.915. The molecular weight excluding hydrogens is 218 g/mol. The highest BCUT2D eigenvalue weighted by Crippen LogP contribution is 2.24.